The zero-order valence-corrected chi connectivity index (χ0v) is 16.5. The van der Waals surface area contributed by atoms with Gasteiger partial charge < -0.3 is 5.32 Å². The van der Waals surface area contributed by atoms with Gasteiger partial charge in [0.25, 0.3) is 0 Å². The zero-order chi connectivity index (χ0) is 18.1. The maximum Gasteiger partial charge on any atom is 0.238 e. The quantitative estimate of drug-likeness (QED) is 0.534. The van der Waals surface area contributed by atoms with Crippen LogP contribution >= 0.6 is 23.1 Å². The lowest BCUT2D eigenvalue weighted by atomic mass is 10.2. The molecule has 3 aromatic rings. The summed E-state index contributed by atoms with van der Waals surface area (Å²) in [4.78, 5) is 23.6. The van der Waals surface area contributed by atoms with Gasteiger partial charge in [0, 0.05) is 22.4 Å². The van der Waals surface area contributed by atoms with Gasteiger partial charge in [-0.15, -0.1) is 11.3 Å². The molecule has 1 amide bonds. The smallest absolute Gasteiger partial charge is 0.238 e. The summed E-state index contributed by atoms with van der Waals surface area (Å²) in [5.41, 5.74) is 1.19. The Bertz CT molecular complexity index is 915. The molecule has 0 aliphatic rings. The van der Waals surface area contributed by atoms with E-state index in [2.05, 4.69) is 34.2 Å². The minimum absolute atomic E-state index is 0.0660. The number of nitrogens with one attached hydrogen (secondary N) is 1. The van der Waals surface area contributed by atoms with Crippen LogP contribution < -0.4 is 5.32 Å². The fraction of sp³-hybridized carbons (Fsp3) is 0.412. The number of aromatic nitrogens is 4. The number of hydrogen-bond donors (Lipinski definition) is 1. The summed E-state index contributed by atoms with van der Waals surface area (Å²) >= 11 is 3.12. The predicted molar refractivity (Wildman–Crippen MR) is 103 cm³/mol. The van der Waals surface area contributed by atoms with Gasteiger partial charge >= 0.3 is 0 Å². The van der Waals surface area contributed by atoms with E-state index in [0.717, 1.165) is 15.2 Å². The van der Waals surface area contributed by atoms with Crippen LogP contribution in [0, 0.1) is 13.8 Å². The summed E-state index contributed by atoms with van der Waals surface area (Å²) in [5, 5.41) is 8.83. The fourth-order valence-electron chi connectivity index (χ4n) is 2.51. The van der Waals surface area contributed by atoms with E-state index in [0.29, 0.717) is 5.82 Å². The molecule has 8 heteroatoms. The molecule has 0 saturated carbocycles. The first-order valence-corrected chi connectivity index (χ1v) is 9.79. The number of fused-ring (bicyclic) bond motifs is 1. The second-order valence-electron chi connectivity index (χ2n) is 6.15. The Morgan fingerprint density at radius 3 is 2.76 bits per heavy atom. The average molecular weight is 376 g/mol. The van der Waals surface area contributed by atoms with Crippen molar-refractivity contribution in [2.45, 2.75) is 50.9 Å². The van der Waals surface area contributed by atoms with Gasteiger partial charge in [0.05, 0.1) is 11.4 Å². The van der Waals surface area contributed by atoms with Gasteiger partial charge in [-0.3, -0.25) is 4.79 Å². The van der Waals surface area contributed by atoms with Gasteiger partial charge in [0.15, 0.2) is 0 Å². The molecule has 132 valence electrons. The van der Waals surface area contributed by atoms with Crippen molar-refractivity contribution in [3.63, 3.8) is 0 Å². The number of amides is 1. The largest absolute Gasteiger partial charge is 0.310 e. The summed E-state index contributed by atoms with van der Waals surface area (Å²) in [7, 11) is 0. The third-order valence-corrected chi connectivity index (χ3v) is 6.21. The number of rotatable bonds is 5. The van der Waals surface area contributed by atoms with Gasteiger partial charge in [0.1, 0.15) is 22.0 Å². The van der Waals surface area contributed by atoms with Crippen molar-refractivity contribution >= 4 is 45.0 Å². The van der Waals surface area contributed by atoms with Crippen LogP contribution in [-0.4, -0.2) is 30.9 Å². The molecule has 1 N–H and O–H groups in total. The third kappa shape index (κ3) is 3.55. The van der Waals surface area contributed by atoms with Gasteiger partial charge in [-0.2, -0.15) is 5.10 Å². The number of carbonyl (C=O) groups excluding carboxylic acids is 1. The van der Waals surface area contributed by atoms with Crippen molar-refractivity contribution in [3.8, 4) is 0 Å². The van der Waals surface area contributed by atoms with Gasteiger partial charge in [-0.25, -0.2) is 14.6 Å². The number of hydrogen-bond acceptors (Lipinski definition) is 6. The minimum Gasteiger partial charge on any atom is -0.310 e. The van der Waals surface area contributed by atoms with E-state index in [1.165, 1.54) is 22.2 Å². The van der Waals surface area contributed by atoms with Gasteiger partial charge in [-0.1, -0.05) is 11.8 Å². The van der Waals surface area contributed by atoms with E-state index in [1.54, 1.807) is 28.5 Å². The second-order valence-corrected chi connectivity index (χ2v) is 8.68. The van der Waals surface area contributed by atoms with Crippen molar-refractivity contribution in [2.75, 3.05) is 5.32 Å². The lowest BCUT2D eigenvalue weighted by Gasteiger charge is -2.15. The topological polar surface area (TPSA) is 72.7 Å². The number of thiophene rings is 1. The van der Waals surface area contributed by atoms with E-state index in [9.17, 15) is 4.79 Å². The van der Waals surface area contributed by atoms with Crippen LogP contribution in [0.5, 0.6) is 0 Å². The molecule has 1 atom stereocenters. The van der Waals surface area contributed by atoms with Crippen molar-refractivity contribution < 1.29 is 4.79 Å². The maximum absolute atomic E-state index is 12.6. The number of nitrogens with zero attached hydrogens (tertiary/aromatic N) is 4. The first-order valence-electron chi connectivity index (χ1n) is 8.10. The zero-order valence-electron chi connectivity index (χ0n) is 14.9. The van der Waals surface area contributed by atoms with E-state index < -0.39 is 0 Å². The van der Waals surface area contributed by atoms with Crippen LogP contribution in [-0.2, 0) is 4.79 Å². The molecule has 1 unspecified atom stereocenters. The van der Waals surface area contributed by atoms with Crippen molar-refractivity contribution in [1.82, 2.24) is 19.7 Å². The maximum atomic E-state index is 12.6. The summed E-state index contributed by atoms with van der Waals surface area (Å²) < 4.78 is 1.80. The molecule has 0 aromatic carbocycles. The van der Waals surface area contributed by atoms with Crippen LogP contribution in [0.25, 0.3) is 10.2 Å². The molecule has 3 heterocycles. The van der Waals surface area contributed by atoms with Crippen molar-refractivity contribution in [1.29, 1.82) is 0 Å². The molecule has 0 aliphatic carbocycles. The molecule has 0 fully saturated rings. The summed E-state index contributed by atoms with van der Waals surface area (Å²) in [6.07, 6.45) is 3.26. The number of anilines is 1. The Balaban J connectivity index is 1.79. The van der Waals surface area contributed by atoms with Crippen LogP contribution in [0.4, 0.5) is 5.82 Å². The highest BCUT2D eigenvalue weighted by Crippen LogP contribution is 2.36. The third-order valence-electron chi connectivity index (χ3n) is 4.00. The summed E-state index contributed by atoms with van der Waals surface area (Å²) in [5.74, 6) is 0.645. The highest BCUT2D eigenvalue weighted by atomic mass is 32.2. The number of carbonyl (C=O) groups is 1. The van der Waals surface area contributed by atoms with Crippen LogP contribution in [0.2, 0.25) is 0 Å². The Labute approximate surface area is 155 Å². The molecular formula is C17H21N5OS2. The summed E-state index contributed by atoms with van der Waals surface area (Å²) in [6.45, 7) is 10.1. The van der Waals surface area contributed by atoms with Crippen molar-refractivity contribution in [2.24, 2.45) is 0 Å². The van der Waals surface area contributed by atoms with E-state index >= 15 is 0 Å². The SMILES string of the molecule is Cc1sc2ncnc(SC(C)C(=O)Nc3ccnn3C(C)C)c2c1C. The molecule has 3 aromatic heterocycles. The van der Waals surface area contributed by atoms with Gasteiger partial charge in [0.2, 0.25) is 5.91 Å². The molecule has 3 rings (SSSR count). The Kier molecular flexibility index (Phi) is 5.10. The lowest BCUT2D eigenvalue weighted by molar-refractivity contribution is -0.115. The second kappa shape index (κ2) is 7.13. The van der Waals surface area contributed by atoms with Crippen LogP contribution in [0.3, 0.4) is 0 Å². The average Bonchev–Trinajstić information content (AvgIpc) is 3.13. The molecule has 0 spiro atoms. The fourth-order valence-corrected chi connectivity index (χ4v) is 4.55. The van der Waals surface area contributed by atoms with Crippen LogP contribution in [0.1, 0.15) is 37.3 Å². The number of thioether (sulfide) groups is 1. The van der Waals surface area contributed by atoms with E-state index in [1.807, 2.05) is 26.8 Å². The molecule has 6 nitrogen and oxygen atoms in total. The van der Waals surface area contributed by atoms with E-state index in [4.69, 9.17) is 0 Å². The lowest BCUT2D eigenvalue weighted by Crippen LogP contribution is -2.24. The highest BCUT2D eigenvalue weighted by molar-refractivity contribution is 8.00. The Morgan fingerprint density at radius 2 is 2.04 bits per heavy atom. The van der Waals surface area contributed by atoms with Crippen LogP contribution in [0.15, 0.2) is 23.6 Å². The first-order chi connectivity index (χ1) is 11.9. The Hall–Kier alpha value is -1.93. The molecular weight excluding hydrogens is 354 g/mol. The van der Waals surface area contributed by atoms with E-state index in [-0.39, 0.29) is 17.2 Å². The molecule has 0 bridgehead atoms. The molecule has 25 heavy (non-hydrogen) atoms. The summed E-state index contributed by atoms with van der Waals surface area (Å²) in [6, 6.07) is 2.00. The standard InChI is InChI=1S/C17H21N5OS2/c1-9(2)22-13(6-7-20-22)21-15(23)12(5)25-17-14-10(3)11(4)24-16(14)18-8-19-17/h6-9,12H,1-5H3,(H,21,23). The first kappa shape index (κ1) is 17.9. The normalized spacial score (nSPS) is 12.7. The van der Waals surface area contributed by atoms with Crippen molar-refractivity contribution in [3.05, 3.63) is 29.0 Å². The minimum atomic E-state index is -0.284. The molecule has 0 aliphatic heterocycles. The number of aryl methyl sites for hydroxylation is 2. The predicted octanol–water partition coefficient (Wildman–Crippen LogP) is 4.20. The molecule has 0 radical (unpaired) electrons. The monoisotopic (exact) mass is 375 g/mol. The molecule has 0 saturated heterocycles. The Morgan fingerprint density at radius 1 is 1.28 bits per heavy atom. The highest BCUT2D eigenvalue weighted by Gasteiger charge is 2.20. The van der Waals surface area contributed by atoms with Gasteiger partial charge in [-0.05, 0) is 40.2 Å².